The van der Waals surface area contributed by atoms with Crippen LogP contribution in [0.15, 0.2) is 16.6 Å². The minimum Gasteiger partial charge on any atom is -0.224 e. The molecule has 1 aromatic heterocycles. The van der Waals surface area contributed by atoms with Crippen LogP contribution < -0.4 is 0 Å². The average Bonchev–Trinajstić information content (AvgIpc) is 2.17. The van der Waals surface area contributed by atoms with Crippen LogP contribution in [0, 0.1) is 6.92 Å². The van der Waals surface area contributed by atoms with E-state index in [2.05, 4.69) is 25.9 Å². The Balaban J connectivity index is 2.83. The predicted octanol–water partition coefficient (Wildman–Crippen LogP) is 4.37. The molecule has 0 unspecified atom stereocenters. The highest BCUT2D eigenvalue weighted by molar-refractivity contribution is 9.10. The minimum atomic E-state index is -4.60. The van der Waals surface area contributed by atoms with Gasteiger partial charge in [0.15, 0.2) is 0 Å². The molecule has 2 nitrogen and oxygen atoms in total. The Labute approximate surface area is 108 Å². The zero-order valence-corrected chi connectivity index (χ0v) is 10.8. The molecule has 1 heterocycles. The monoisotopic (exact) mass is 324 g/mol. The van der Waals surface area contributed by atoms with Gasteiger partial charge in [-0.3, -0.25) is 0 Å². The molecule has 0 spiro atoms. The summed E-state index contributed by atoms with van der Waals surface area (Å²) in [6.45, 7) is 1.66. The lowest BCUT2D eigenvalue weighted by Gasteiger charge is -2.09. The van der Waals surface area contributed by atoms with E-state index in [-0.39, 0.29) is 10.7 Å². The van der Waals surface area contributed by atoms with Crippen LogP contribution in [0.2, 0.25) is 5.15 Å². The summed E-state index contributed by atoms with van der Waals surface area (Å²) in [7, 11) is 0. The molecule has 0 bridgehead atoms. The molecule has 17 heavy (non-hydrogen) atoms. The maximum Gasteiger partial charge on any atom is 0.451 e. The van der Waals surface area contributed by atoms with E-state index in [0.717, 1.165) is 0 Å². The molecule has 0 aliphatic carbocycles. The van der Waals surface area contributed by atoms with Crippen LogP contribution in [-0.2, 0) is 6.18 Å². The van der Waals surface area contributed by atoms with E-state index in [1.807, 2.05) is 0 Å². The van der Waals surface area contributed by atoms with Crippen molar-refractivity contribution in [2.75, 3.05) is 0 Å². The highest BCUT2D eigenvalue weighted by atomic mass is 79.9. The average molecular weight is 326 g/mol. The van der Waals surface area contributed by atoms with E-state index < -0.39 is 12.0 Å². The third-order valence-corrected chi connectivity index (χ3v) is 2.91. The quantitative estimate of drug-likeness (QED) is 0.672. The SMILES string of the molecule is Cc1cc(Br)cc2c(Cl)nc(C(F)(F)F)nc12. The summed E-state index contributed by atoms with van der Waals surface area (Å²) in [6, 6.07) is 3.26. The van der Waals surface area contributed by atoms with E-state index in [9.17, 15) is 13.2 Å². The Morgan fingerprint density at radius 1 is 1.24 bits per heavy atom. The minimum absolute atomic E-state index is 0.202. The van der Waals surface area contributed by atoms with Crippen molar-refractivity contribution in [3.8, 4) is 0 Å². The summed E-state index contributed by atoms with van der Waals surface area (Å²) < 4.78 is 38.3. The lowest BCUT2D eigenvalue weighted by atomic mass is 10.1. The lowest BCUT2D eigenvalue weighted by Crippen LogP contribution is -2.11. The molecule has 0 saturated heterocycles. The van der Waals surface area contributed by atoms with E-state index in [4.69, 9.17) is 11.6 Å². The number of halogens is 5. The standard InChI is InChI=1S/C10H5BrClF3N2/c1-4-2-5(11)3-6-7(4)16-9(10(13,14)15)17-8(6)12/h2-3H,1H3. The molecule has 90 valence electrons. The molecule has 2 aromatic rings. The van der Waals surface area contributed by atoms with Gasteiger partial charge in [-0.2, -0.15) is 13.2 Å². The number of hydrogen-bond acceptors (Lipinski definition) is 2. The van der Waals surface area contributed by atoms with Crippen LogP contribution in [0.1, 0.15) is 11.4 Å². The van der Waals surface area contributed by atoms with Crippen LogP contribution >= 0.6 is 27.5 Å². The lowest BCUT2D eigenvalue weighted by molar-refractivity contribution is -0.144. The number of nitrogens with zero attached hydrogens (tertiary/aromatic N) is 2. The van der Waals surface area contributed by atoms with Crippen molar-refractivity contribution in [2.45, 2.75) is 13.1 Å². The summed E-state index contributed by atoms with van der Waals surface area (Å²) in [6.07, 6.45) is -4.60. The van der Waals surface area contributed by atoms with Gasteiger partial charge in [0.25, 0.3) is 0 Å². The Kier molecular flexibility index (Phi) is 3.03. The van der Waals surface area contributed by atoms with Crippen LogP contribution in [0.25, 0.3) is 10.9 Å². The summed E-state index contributed by atoms with van der Waals surface area (Å²) in [5.74, 6) is -1.22. The topological polar surface area (TPSA) is 25.8 Å². The number of aryl methyl sites for hydroxylation is 1. The first kappa shape index (κ1) is 12.6. The van der Waals surface area contributed by atoms with Gasteiger partial charge in [0.05, 0.1) is 5.52 Å². The number of benzene rings is 1. The van der Waals surface area contributed by atoms with Crippen molar-refractivity contribution in [3.63, 3.8) is 0 Å². The molecule has 2 rings (SSSR count). The summed E-state index contributed by atoms with van der Waals surface area (Å²) >= 11 is 8.98. The Morgan fingerprint density at radius 3 is 2.47 bits per heavy atom. The molecule has 0 saturated carbocycles. The van der Waals surface area contributed by atoms with Crippen LogP contribution in [0.5, 0.6) is 0 Å². The largest absolute Gasteiger partial charge is 0.451 e. The molecule has 1 aromatic carbocycles. The van der Waals surface area contributed by atoms with Gasteiger partial charge in [0, 0.05) is 9.86 Å². The van der Waals surface area contributed by atoms with Crippen molar-refractivity contribution < 1.29 is 13.2 Å². The second-order valence-corrected chi connectivity index (χ2v) is 4.73. The fourth-order valence-corrected chi connectivity index (χ4v) is 2.25. The van der Waals surface area contributed by atoms with E-state index in [0.29, 0.717) is 15.4 Å². The van der Waals surface area contributed by atoms with Gasteiger partial charge < -0.3 is 0 Å². The normalized spacial score (nSPS) is 12.1. The van der Waals surface area contributed by atoms with E-state index >= 15 is 0 Å². The molecular weight excluding hydrogens is 320 g/mol. The molecule has 7 heteroatoms. The fourth-order valence-electron chi connectivity index (χ4n) is 1.45. The van der Waals surface area contributed by atoms with Gasteiger partial charge in [-0.05, 0) is 24.6 Å². The van der Waals surface area contributed by atoms with Crippen molar-refractivity contribution in [1.29, 1.82) is 0 Å². The summed E-state index contributed by atoms with van der Waals surface area (Å²) in [4.78, 5) is 6.77. The molecule has 0 amide bonds. The van der Waals surface area contributed by atoms with Gasteiger partial charge in [-0.15, -0.1) is 0 Å². The molecule has 0 radical (unpaired) electrons. The summed E-state index contributed by atoms with van der Waals surface area (Å²) in [5, 5.41) is 0.193. The van der Waals surface area contributed by atoms with Crippen LogP contribution in [-0.4, -0.2) is 9.97 Å². The third kappa shape index (κ3) is 2.37. The highest BCUT2D eigenvalue weighted by Gasteiger charge is 2.35. The maximum absolute atomic E-state index is 12.5. The van der Waals surface area contributed by atoms with E-state index in [1.165, 1.54) is 0 Å². The van der Waals surface area contributed by atoms with Crippen molar-refractivity contribution >= 4 is 38.4 Å². The number of rotatable bonds is 0. The number of fused-ring (bicyclic) bond motifs is 1. The fraction of sp³-hybridized carbons (Fsp3) is 0.200. The molecule has 0 fully saturated rings. The van der Waals surface area contributed by atoms with Crippen molar-refractivity contribution in [1.82, 2.24) is 9.97 Å². The Hall–Kier alpha value is -0.880. The second-order valence-electron chi connectivity index (χ2n) is 3.45. The zero-order valence-electron chi connectivity index (χ0n) is 8.44. The maximum atomic E-state index is 12.5. The third-order valence-electron chi connectivity index (χ3n) is 2.16. The molecule has 0 aliphatic rings. The molecule has 0 atom stereocenters. The molecule has 0 N–H and O–H groups in total. The summed E-state index contributed by atoms with van der Waals surface area (Å²) in [5.41, 5.74) is 0.810. The van der Waals surface area contributed by atoms with Gasteiger partial charge in [-0.1, -0.05) is 27.5 Å². The van der Waals surface area contributed by atoms with Crippen LogP contribution in [0.3, 0.4) is 0 Å². The second kappa shape index (κ2) is 4.10. The first-order valence-electron chi connectivity index (χ1n) is 4.49. The number of alkyl halides is 3. The zero-order chi connectivity index (χ0) is 12.8. The highest BCUT2D eigenvalue weighted by Crippen LogP contribution is 2.32. The first-order chi connectivity index (χ1) is 7.79. The van der Waals surface area contributed by atoms with Gasteiger partial charge in [0.1, 0.15) is 5.15 Å². The number of hydrogen-bond donors (Lipinski definition) is 0. The first-order valence-corrected chi connectivity index (χ1v) is 5.67. The van der Waals surface area contributed by atoms with Crippen LogP contribution in [0.4, 0.5) is 13.2 Å². The number of aromatic nitrogens is 2. The van der Waals surface area contributed by atoms with Crippen molar-refractivity contribution in [3.05, 3.63) is 33.1 Å². The van der Waals surface area contributed by atoms with Gasteiger partial charge in [0.2, 0.25) is 5.82 Å². The van der Waals surface area contributed by atoms with Gasteiger partial charge in [-0.25, -0.2) is 9.97 Å². The molecule has 0 aliphatic heterocycles. The molecular formula is C10H5BrClF3N2. The Bertz CT molecular complexity index is 598. The van der Waals surface area contributed by atoms with Crippen molar-refractivity contribution in [2.24, 2.45) is 0 Å². The van der Waals surface area contributed by atoms with Gasteiger partial charge >= 0.3 is 6.18 Å². The van der Waals surface area contributed by atoms with E-state index in [1.54, 1.807) is 19.1 Å². The Morgan fingerprint density at radius 2 is 1.88 bits per heavy atom. The predicted molar refractivity (Wildman–Crippen MR) is 62.0 cm³/mol. The smallest absolute Gasteiger partial charge is 0.224 e.